The number of tetrazole rings is 1. The zero-order chi connectivity index (χ0) is 19.6. The first-order chi connectivity index (χ1) is 14.3. The van der Waals surface area contributed by atoms with Gasteiger partial charge < -0.3 is 14.5 Å². The van der Waals surface area contributed by atoms with Crippen LogP contribution in [-0.4, -0.2) is 32.7 Å². The Labute approximate surface area is 164 Å². The molecule has 2 heterocycles. The molecule has 0 aliphatic heterocycles. The number of nitrogens with one attached hydrogen (secondary N) is 1. The van der Waals surface area contributed by atoms with Gasteiger partial charge >= 0.3 is 0 Å². The van der Waals surface area contributed by atoms with Crippen LogP contribution in [0.15, 0.2) is 77.5 Å². The van der Waals surface area contributed by atoms with Crippen molar-refractivity contribution in [2.45, 2.75) is 0 Å². The Balaban J connectivity index is 1.28. The number of anilines is 1. The Bertz CT molecular complexity index is 1310. The molecule has 0 bridgehead atoms. The van der Waals surface area contributed by atoms with E-state index in [1.165, 1.54) is 11.0 Å². The van der Waals surface area contributed by atoms with Gasteiger partial charge in [-0.15, -0.1) is 5.10 Å². The first-order valence-corrected chi connectivity index (χ1v) is 8.94. The molecule has 8 nitrogen and oxygen atoms in total. The highest BCUT2D eigenvalue weighted by Gasteiger charge is 2.09. The molecule has 1 amide bonds. The number of nitrogens with zero attached hydrogens (tertiary/aromatic N) is 4. The van der Waals surface area contributed by atoms with Crippen LogP contribution >= 0.6 is 0 Å². The second-order valence-electron chi connectivity index (χ2n) is 6.40. The van der Waals surface area contributed by atoms with Crippen LogP contribution in [-0.2, 0) is 4.79 Å². The lowest BCUT2D eigenvalue weighted by molar-refractivity contribution is -0.118. The van der Waals surface area contributed by atoms with E-state index in [9.17, 15) is 4.79 Å². The van der Waals surface area contributed by atoms with Crippen LogP contribution in [0, 0.1) is 0 Å². The monoisotopic (exact) mass is 385 g/mol. The molecule has 0 fully saturated rings. The summed E-state index contributed by atoms with van der Waals surface area (Å²) in [5.74, 6) is 0.286. The van der Waals surface area contributed by atoms with Crippen molar-refractivity contribution in [1.29, 1.82) is 0 Å². The predicted octanol–water partition coefficient (Wildman–Crippen LogP) is 3.58. The third-order valence-corrected chi connectivity index (χ3v) is 4.46. The normalized spacial score (nSPS) is 11.0. The minimum Gasteiger partial charge on any atom is -0.484 e. The van der Waals surface area contributed by atoms with E-state index in [0.29, 0.717) is 11.4 Å². The molecule has 1 N–H and O–H groups in total. The van der Waals surface area contributed by atoms with E-state index in [-0.39, 0.29) is 12.5 Å². The lowest BCUT2D eigenvalue weighted by atomic mass is 10.1. The van der Waals surface area contributed by atoms with Gasteiger partial charge in [0.1, 0.15) is 23.2 Å². The number of rotatable bonds is 5. The minimum absolute atomic E-state index is 0.122. The molecule has 142 valence electrons. The maximum atomic E-state index is 12.3. The maximum absolute atomic E-state index is 12.3. The Morgan fingerprint density at radius 2 is 1.90 bits per heavy atom. The SMILES string of the molecule is O=C(COc1cccc(-n2cnnn2)c1)Nc1ccc2oc3ccccc3c2c1. The molecule has 5 aromatic rings. The lowest BCUT2D eigenvalue weighted by Crippen LogP contribution is -2.20. The molecule has 2 aromatic heterocycles. The molecule has 0 aliphatic carbocycles. The molecule has 29 heavy (non-hydrogen) atoms. The second kappa shape index (κ2) is 7.08. The Hall–Kier alpha value is -4.20. The highest BCUT2D eigenvalue weighted by Crippen LogP contribution is 2.30. The van der Waals surface area contributed by atoms with Crippen molar-refractivity contribution in [3.63, 3.8) is 0 Å². The van der Waals surface area contributed by atoms with E-state index in [4.69, 9.17) is 9.15 Å². The van der Waals surface area contributed by atoms with Crippen molar-refractivity contribution >= 4 is 33.5 Å². The summed E-state index contributed by atoms with van der Waals surface area (Å²) in [4.78, 5) is 12.3. The van der Waals surface area contributed by atoms with Crippen molar-refractivity contribution < 1.29 is 13.9 Å². The lowest BCUT2D eigenvalue weighted by Gasteiger charge is -2.09. The molecular weight excluding hydrogens is 370 g/mol. The summed E-state index contributed by atoms with van der Waals surface area (Å²) < 4.78 is 12.9. The van der Waals surface area contributed by atoms with E-state index in [0.717, 1.165) is 27.6 Å². The highest BCUT2D eigenvalue weighted by molar-refractivity contribution is 6.07. The van der Waals surface area contributed by atoms with Crippen LogP contribution in [0.1, 0.15) is 0 Å². The van der Waals surface area contributed by atoms with Crippen LogP contribution in [0.2, 0.25) is 0 Å². The van der Waals surface area contributed by atoms with Crippen molar-refractivity contribution in [2.75, 3.05) is 11.9 Å². The smallest absolute Gasteiger partial charge is 0.262 e. The van der Waals surface area contributed by atoms with Crippen molar-refractivity contribution in [3.8, 4) is 11.4 Å². The number of carbonyl (C=O) groups is 1. The van der Waals surface area contributed by atoms with Crippen LogP contribution in [0.4, 0.5) is 5.69 Å². The molecule has 0 unspecified atom stereocenters. The number of hydrogen-bond donors (Lipinski definition) is 1. The van der Waals surface area contributed by atoms with Gasteiger partial charge in [0.15, 0.2) is 6.61 Å². The topological polar surface area (TPSA) is 95.1 Å². The summed E-state index contributed by atoms with van der Waals surface area (Å²) in [6, 6.07) is 20.5. The fraction of sp³-hybridized carbons (Fsp3) is 0.0476. The predicted molar refractivity (Wildman–Crippen MR) is 107 cm³/mol. The second-order valence-corrected chi connectivity index (χ2v) is 6.40. The van der Waals surface area contributed by atoms with Crippen LogP contribution in [0.25, 0.3) is 27.6 Å². The van der Waals surface area contributed by atoms with Crippen molar-refractivity contribution in [3.05, 3.63) is 73.1 Å². The number of aromatic nitrogens is 4. The van der Waals surface area contributed by atoms with E-state index in [2.05, 4.69) is 20.8 Å². The zero-order valence-electron chi connectivity index (χ0n) is 15.1. The van der Waals surface area contributed by atoms with E-state index in [1.54, 1.807) is 18.2 Å². The Morgan fingerprint density at radius 3 is 2.79 bits per heavy atom. The fourth-order valence-electron chi connectivity index (χ4n) is 3.15. The number of amides is 1. The maximum Gasteiger partial charge on any atom is 0.262 e. The summed E-state index contributed by atoms with van der Waals surface area (Å²) in [5, 5.41) is 15.9. The molecule has 3 aromatic carbocycles. The van der Waals surface area contributed by atoms with E-state index < -0.39 is 0 Å². The number of furan rings is 1. The standard InChI is InChI=1S/C21H15N5O3/c27-21(12-28-16-5-3-4-15(11-16)26-13-22-24-25-26)23-14-8-9-20-18(10-14)17-6-1-2-7-19(17)29-20/h1-11,13H,12H2,(H,23,27). The quantitative estimate of drug-likeness (QED) is 0.497. The zero-order valence-corrected chi connectivity index (χ0v) is 15.1. The molecule has 8 heteroatoms. The van der Waals surface area contributed by atoms with Crippen LogP contribution < -0.4 is 10.1 Å². The summed E-state index contributed by atoms with van der Waals surface area (Å²) in [5.41, 5.74) is 3.02. The summed E-state index contributed by atoms with van der Waals surface area (Å²) in [6.45, 7) is -0.122. The van der Waals surface area contributed by atoms with Crippen LogP contribution in [0.3, 0.4) is 0 Å². The summed E-state index contributed by atoms with van der Waals surface area (Å²) >= 11 is 0. The molecule has 0 radical (unpaired) electrons. The number of fused-ring (bicyclic) bond motifs is 3. The van der Waals surface area contributed by atoms with Gasteiger partial charge in [-0.2, -0.15) is 0 Å². The minimum atomic E-state index is -0.259. The van der Waals surface area contributed by atoms with Gasteiger partial charge in [-0.05, 0) is 46.8 Å². The average Bonchev–Trinajstić information content (AvgIpc) is 3.41. The van der Waals surface area contributed by atoms with Gasteiger partial charge in [-0.1, -0.05) is 24.3 Å². The van der Waals surface area contributed by atoms with Gasteiger partial charge in [0.2, 0.25) is 0 Å². The fourth-order valence-corrected chi connectivity index (χ4v) is 3.15. The number of ether oxygens (including phenoxy) is 1. The van der Waals surface area contributed by atoms with Gasteiger partial charge in [-0.3, -0.25) is 4.79 Å². The van der Waals surface area contributed by atoms with Crippen molar-refractivity contribution in [1.82, 2.24) is 20.2 Å². The van der Waals surface area contributed by atoms with Gasteiger partial charge in [0.25, 0.3) is 5.91 Å². The first-order valence-electron chi connectivity index (χ1n) is 8.94. The van der Waals surface area contributed by atoms with Crippen molar-refractivity contribution in [2.24, 2.45) is 0 Å². The largest absolute Gasteiger partial charge is 0.484 e. The summed E-state index contributed by atoms with van der Waals surface area (Å²) in [6.07, 6.45) is 1.49. The molecule has 5 rings (SSSR count). The Kier molecular flexibility index (Phi) is 4.14. The van der Waals surface area contributed by atoms with E-state index in [1.807, 2.05) is 48.5 Å². The third kappa shape index (κ3) is 3.39. The van der Waals surface area contributed by atoms with E-state index >= 15 is 0 Å². The van der Waals surface area contributed by atoms with Gasteiger partial charge in [0, 0.05) is 22.5 Å². The molecule has 0 spiro atoms. The van der Waals surface area contributed by atoms with Crippen LogP contribution in [0.5, 0.6) is 5.75 Å². The molecular formula is C21H15N5O3. The molecule has 0 aliphatic rings. The average molecular weight is 385 g/mol. The Morgan fingerprint density at radius 1 is 1.00 bits per heavy atom. The van der Waals surface area contributed by atoms with Gasteiger partial charge in [-0.25, -0.2) is 4.68 Å². The molecule has 0 saturated carbocycles. The number of hydrogen-bond acceptors (Lipinski definition) is 6. The highest BCUT2D eigenvalue weighted by atomic mass is 16.5. The third-order valence-electron chi connectivity index (χ3n) is 4.46. The molecule has 0 atom stereocenters. The number of benzene rings is 3. The first kappa shape index (κ1) is 16.9. The summed E-state index contributed by atoms with van der Waals surface area (Å²) in [7, 11) is 0. The number of carbonyl (C=O) groups excluding carboxylic acids is 1. The van der Waals surface area contributed by atoms with Gasteiger partial charge in [0.05, 0.1) is 5.69 Å². The molecule has 0 saturated heterocycles. The number of para-hydroxylation sites is 1.